The van der Waals surface area contributed by atoms with Crippen molar-refractivity contribution in [2.75, 3.05) is 23.3 Å². The number of nitrogens with one attached hydrogen (secondary N) is 1. The van der Waals surface area contributed by atoms with Crippen molar-refractivity contribution in [3.8, 4) is 0 Å². The van der Waals surface area contributed by atoms with E-state index < -0.39 is 0 Å². The molecule has 0 aliphatic carbocycles. The largest absolute Gasteiger partial charge is 0.340 e. The second-order valence-corrected chi connectivity index (χ2v) is 4.86. The van der Waals surface area contributed by atoms with E-state index >= 15 is 0 Å². The molecule has 0 saturated heterocycles. The summed E-state index contributed by atoms with van der Waals surface area (Å²) in [6.45, 7) is 5.86. The van der Waals surface area contributed by atoms with Crippen LogP contribution in [0.2, 0.25) is 0 Å². The van der Waals surface area contributed by atoms with Crippen LogP contribution in [-0.2, 0) is 0 Å². The van der Waals surface area contributed by atoms with Crippen molar-refractivity contribution < 1.29 is 0 Å². The summed E-state index contributed by atoms with van der Waals surface area (Å²) in [4.78, 5) is 6.52. The molecule has 0 fully saturated rings. The molecular weight excluding hydrogens is 306 g/mol. The van der Waals surface area contributed by atoms with Crippen LogP contribution in [-0.4, -0.2) is 28.3 Å². The van der Waals surface area contributed by atoms with Gasteiger partial charge in [-0.15, -0.1) is 5.10 Å². The lowest BCUT2D eigenvalue weighted by Crippen LogP contribution is -2.24. The lowest BCUT2D eigenvalue weighted by Gasteiger charge is -2.18. The quantitative estimate of drug-likeness (QED) is 0.916. The minimum atomic E-state index is 0.644. The normalized spacial score (nSPS) is 10.3. The second-order valence-electron chi connectivity index (χ2n) is 3.95. The third-order valence-corrected chi connectivity index (χ3v) is 3.18. The SMILES string of the molecule is CCN(CC)c1nncc(Nc2cccc(Br)c2)n1. The molecule has 2 rings (SSSR count). The first kappa shape index (κ1) is 13.7. The van der Waals surface area contributed by atoms with E-state index in [-0.39, 0.29) is 0 Å². The van der Waals surface area contributed by atoms with Gasteiger partial charge in [-0.2, -0.15) is 10.1 Å². The summed E-state index contributed by atoms with van der Waals surface area (Å²) >= 11 is 3.44. The summed E-state index contributed by atoms with van der Waals surface area (Å²) in [6, 6.07) is 7.90. The summed E-state index contributed by atoms with van der Waals surface area (Å²) in [5.41, 5.74) is 0.959. The maximum atomic E-state index is 4.47. The minimum absolute atomic E-state index is 0.644. The molecule has 0 bridgehead atoms. The van der Waals surface area contributed by atoms with Gasteiger partial charge >= 0.3 is 0 Å². The average molecular weight is 322 g/mol. The van der Waals surface area contributed by atoms with Gasteiger partial charge in [0.1, 0.15) is 0 Å². The van der Waals surface area contributed by atoms with Crippen LogP contribution >= 0.6 is 15.9 Å². The molecule has 1 N–H and O–H groups in total. The molecule has 0 saturated carbocycles. The Bertz CT molecular complexity index is 542. The summed E-state index contributed by atoms with van der Waals surface area (Å²) in [5, 5.41) is 11.3. The van der Waals surface area contributed by atoms with Gasteiger partial charge in [-0.25, -0.2) is 0 Å². The van der Waals surface area contributed by atoms with Crippen LogP contribution in [0.3, 0.4) is 0 Å². The number of hydrogen-bond acceptors (Lipinski definition) is 5. The maximum Gasteiger partial charge on any atom is 0.247 e. The zero-order valence-corrected chi connectivity index (χ0v) is 12.6. The number of rotatable bonds is 5. The first-order chi connectivity index (χ1) is 9.22. The standard InChI is InChI=1S/C13H16BrN5/c1-3-19(4-2)13-17-12(9-15-18-13)16-11-7-5-6-10(14)8-11/h5-9H,3-4H2,1-2H3,(H,16,17,18). The Balaban J connectivity index is 2.19. The Morgan fingerprint density at radius 1 is 1.26 bits per heavy atom. The third-order valence-electron chi connectivity index (χ3n) is 2.69. The summed E-state index contributed by atoms with van der Waals surface area (Å²) in [6.07, 6.45) is 1.62. The number of aromatic nitrogens is 3. The van der Waals surface area contributed by atoms with E-state index in [1.807, 2.05) is 24.3 Å². The smallest absolute Gasteiger partial charge is 0.247 e. The van der Waals surface area contributed by atoms with Crippen LogP contribution in [0.15, 0.2) is 34.9 Å². The Hall–Kier alpha value is -1.69. The van der Waals surface area contributed by atoms with E-state index in [0.717, 1.165) is 23.2 Å². The third kappa shape index (κ3) is 3.64. The number of halogens is 1. The van der Waals surface area contributed by atoms with Gasteiger partial charge in [-0.1, -0.05) is 22.0 Å². The molecule has 100 valence electrons. The van der Waals surface area contributed by atoms with Crippen LogP contribution in [0.1, 0.15) is 13.8 Å². The molecule has 1 aromatic carbocycles. The molecule has 0 atom stereocenters. The van der Waals surface area contributed by atoms with Crippen molar-refractivity contribution in [3.05, 3.63) is 34.9 Å². The topological polar surface area (TPSA) is 53.9 Å². The van der Waals surface area contributed by atoms with Crippen LogP contribution in [0, 0.1) is 0 Å². The highest BCUT2D eigenvalue weighted by Crippen LogP contribution is 2.19. The van der Waals surface area contributed by atoms with Gasteiger partial charge in [0.15, 0.2) is 5.82 Å². The van der Waals surface area contributed by atoms with Crippen LogP contribution in [0.4, 0.5) is 17.5 Å². The number of nitrogens with zero attached hydrogens (tertiary/aromatic N) is 4. The predicted octanol–water partition coefficient (Wildman–Crippen LogP) is 3.22. The lowest BCUT2D eigenvalue weighted by atomic mass is 10.3. The molecule has 0 aliphatic heterocycles. The van der Waals surface area contributed by atoms with Gasteiger partial charge in [0, 0.05) is 23.2 Å². The van der Waals surface area contributed by atoms with Crippen molar-refractivity contribution in [1.82, 2.24) is 15.2 Å². The Labute approximate surface area is 121 Å². The summed E-state index contributed by atoms with van der Waals surface area (Å²) < 4.78 is 1.02. The molecule has 19 heavy (non-hydrogen) atoms. The monoisotopic (exact) mass is 321 g/mol. The van der Waals surface area contributed by atoms with Gasteiger partial charge in [0.05, 0.1) is 6.20 Å². The molecule has 0 amide bonds. The minimum Gasteiger partial charge on any atom is -0.340 e. The molecule has 1 heterocycles. The Morgan fingerprint density at radius 3 is 2.74 bits per heavy atom. The molecule has 1 aromatic heterocycles. The molecule has 6 heteroatoms. The van der Waals surface area contributed by atoms with E-state index in [9.17, 15) is 0 Å². The van der Waals surface area contributed by atoms with Crippen LogP contribution in [0.5, 0.6) is 0 Å². The van der Waals surface area contributed by atoms with Crippen LogP contribution < -0.4 is 10.2 Å². The van der Waals surface area contributed by atoms with E-state index in [4.69, 9.17) is 0 Å². The van der Waals surface area contributed by atoms with E-state index in [0.29, 0.717) is 11.8 Å². The first-order valence-corrected chi connectivity index (χ1v) is 6.99. The van der Waals surface area contributed by atoms with Crippen molar-refractivity contribution in [3.63, 3.8) is 0 Å². The lowest BCUT2D eigenvalue weighted by molar-refractivity contribution is 0.796. The average Bonchev–Trinajstić information content (AvgIpc) is 2.41. The van der Waals surface area contributed by atoms with Crippen LogP contribution in [0.25, 0.3) is 0 Å². The Kier molecular flexibility index (Phi) is 4.68. The van der Waals surface area contributed by atoms with E-state index in [1.54, 1.807) is 6.20 Å². The first-order valence-electron chi connectivity index (χ1n) is 6.20. The number of hydrogen-bond donors (Lipinski definition) is 1. The number of benzene rings is 1. The van der Waals surface area contributed by atoms with Crippen molar-refractivity contribution in [2.24, 2.45) is 0 Å². The Morgan fingerprint density at radius 2 is 2.05 bits per heavy atom. The van der Waals surface area contributed by atoms with Crippen molar-refractivity contribution in [2.45, 2.75) is 13.8 Å². The predicted molar refractivity (Wildman–Crippen MR) is 80.8 cm³/mol. The van der Waals surface area contributed by atoms with Crippen molar-refractivity contribution in [1.29, 1.82) is 0 Å². The highest BCUT2D eigenvalue weighted by atomic mass is 79.9. The van der Waals surface area contributed by atoms with Gasteiger partial charge in [0.25, 0.3) is 0 Å². The molecular formula is C13H16BrN5. The fraction of sp³-hybridized carbons (Fsp3) is 0.308. The molecule has 0 spiro atoms. The van der Waals surface area contributed by atoms with Gasteiger partial charge in [0.2, 0.25) is 5.95 Å². The highest BCUT2D eigenvalue weighted by molar-refractivity contribution is 9.10. The molecule has 2 aromatic rings. The van der Waals surface area contributed by atoms with E-state index in [2.05, 4.69) is 55.2 Å². The zero-order valence-electron chi connectivity index (χ0n) is 11.0. The second kappa shape index (κ2) is 6.47. The van der Waals surface area contributed by atoms with Gasteiger partial charge in [-0.3, -0.25) is 0 Å². The van der Waals surface area contributed by atoms with Crippen molar-refractivity contribution >= 4 is 33.4 Å². The fourth-order valence-corrected chi connectivity index (χ4v) is 2.11. The molecule has 5 nitrogen and oxygen atoms in total. The molecule has 0 aliphatic rings. The molecule has 0 radical (unpaired) electrons. The molecule has 0 unspecified atom stereocenters. The fourth-order valence-electron chi connectivity index (χ4n) is 1.71. The van der Waals surface area contributed by atoms with Gasteiger partial charge in [-0.05, 0) is 32.0 Å². The van der Waals surface area contributed by atoms with E-state index in [1.165, 1.54) is 0 Å². The zero-order chi connectivity index (χ0) is 13.7. The highest BCUT2D eigenvalue weighted by Gasteiger charge is 2.07. The number of anilines is 3. The summed E-state index contributed by atoms with van der Waals surface area (Å²) in [7, 11) is 0. The summed E-state index contributed by atoms with van der Waals surface area (Å²) in [5.74, 6) is 1.33. The van der Waals surface area contributed by atoms with Gasteiger partial charge < -0.3 is 10.2 Å². The maximum absolute atomic E-state index is 4.47.